The fourth-order valence-corrected chi connectivity index (χ4v) is 16.2. The van der Waals surface area contributed by atoms with Crippen molar-refractivity contribution in [1.82, 2.24) is 4.44 Å². The lowest BCUT2D eigenvalue weighted by molar-refractivity contribution is 0.756. The van der Waals surface area contributed by atoms with Crippen molar-refractivity contribution in [1.29, 1.82) is 0 Å². The van der Waals surface area contributed by atoms with Gasteiger partial charge in [0, 0.05) is 25.2 Å². The molecule has 0 saturated heterocycles. The van der Waals surface area contributed by atoms with Gasteiger partial charge in [-0.1, -0.05) is 148 Å². The number of hydrogen-bond acceptors (Lipinski definition) is 1. The SMILES string of the molecule is CCN(P(c1ccccc1)c1ccccc1)P(=N[Si](C)(C)C)(c1ccccc1)c1ccccc1. The van der Waals surface area contributed by atoms with Gasteiger partial charge in [0.1, 0.15) is 0 Å². The second-order valence-corrected chi connectivity index (χ2v) is 19.5. The summed E-state index contributed by atoms with van der Waals surface area (Å²) >= 11 is 0. The summed E-state index contributed by atoms with van der Waals surface area (Å²) in [4.78, 5) is 0. The summed E-state index contributed by atoms with van der Waals surface area (Å²) in [7, 11) is -4.90. The summed E-state index contributed by atoms with van der Waals surface area (Å²) < 4.78 is 8.69. The highest BCUT2D eigenvalue weighted by Gasteiger charge is 2.38. The quantitative estimate of drug-likeness (QED) is 0.189. The van der Waals surface area contributed by atoms with Crippen molar-refractivity contribution in [3.63, 3.8) is 0 Å². The molecule has 2 nitrogen and oxygen atoms in total. The molecule has 174 valence electrons. The number of benzene rings is 4. The average molecular weight is 501 g/mol. The van der Waals surface area contributed by atoms with Crippen LogP contribution in [0, 0.1) is 0 Å². The first kappa shape index (κ1) is 24.8. The van der Waals surface area contributed by atoms with Gasteiger partial charge in [0.05, 0.1) is 7.21 Å². The second kappa shape index (κ2) is 11.0. The Morgan fingerprint density at radius 1 is 0.618 bits per heavy atom. The maximum atomic E-state index is 5.92. The third-order valence-corrected chi connectivity index (χ3v) is 15.7. The normalized spacial score (nSPS) is 12.2. The number of hydrogen-bond donors (Lipinski definition) is 0. The molecule has 0 fully saturated rings. The fraction of sp³-hybridized carbons (Fsp3) is 0.172. The molecule has 4 aromatic carbocycles. The van der Waals surface area contributed by atoms with E-state index in [1.807, 2.05) is 0 Å². The highest BCUT2D eigenvalue weighted by molar-refractivity contribution is 7.89. The number of nitrogens with zero attached hydrogens (tertiary/aromatic N) is 2. The van der Waals surface area contributed by atoms with Crippen LogP contribution in [0.5, 0.6) is 0 Å². The Bertz CT molecular complexity index is 1140. The Morgan fingerprint density at radius 3 is 1.29 bits per heavy atom. The van der Waals surface area contributed by atoms with Crippen LogP contribution in [-0.4, -0.2) is 19.2 Å². The molecule has 0 amide bonds. The molecule has 0 radical (unpaired) electrons. The zero-order valence-corrected chi connectivity index (χ0v) is 23.3. The molecule has 4 rings (SSSR count). The molecule has 0 unspecified atom stereocenters. The Hall–Kier alpha value is -2.28. The van der Waals surface area contributed by atoms with Crippen molar-refractivity contribution in [2.75, 3.05) is 6.54 Å². The van der Waals surface area contributed by atoms with Crippen LogP contribution >= 0.6 is 15.3 Å². The van der Waals surface area contributed by atoms with E-state index in [0.717, 1.165) is 6.54 Å². The van der Waals surface area contributed by atoms with Crippen LogP contribution in [0.1, 0.15) is 6.92 Å². The standard InChI is InChI=1S/C29H34N2P2Si/c1-5-31(32(26-18-10-6-11-19-26)27-20-12-7-13-21-27)33(30-34(2,3)4,28-22-14-8-15-23-28)29-24-16-9-17-25-29/h6-25H,5H2,1-4H3. The third-order valence-electron chi connectivity index (χ3n) is 5.53. The smallest absolute Gasteiger partial charge is 0.172 e. The van der Waals surface area contributed by atoms with E-state index in [2.05, 4.69) is 152 Å². The topological polar surface area (TPSA) is 15.6 Å². The lowest BCUT2D eigenvalue weighted by Crippen LogP contribution is -2.36. The van der Waals surface area contributed by atoms with Crippen LogP contribution in [0.3, 0.4) is 0 Å². The minimum atomic E-state index is -2.27. The Kier molecular flexibility index (Phi) is 8.01. The maximum absolute atomic E-state index is 5.92. The van der Waals surface area contributed by atoms with E-state index in [1.54, 1.807) is 0 Å². The van der Waals surface area contributed by atoms with Gasteiger partial charge < -0.3 is 4.41 Å². The Labute approximate surface area is 207 Å². The van der Waals surface area contributed by atoms with Crippen LogP contribution in [0.2, 0.25) is 19.6 Å². The van der Waals surface area contributed by atoms with E-state index in [-0.39, 0.29) is 0 Å². The first-order valence-electron chi connectivity index (χ1n) is 11.9. The van der Waals surface area contributed by atoms with Gasteiger partial charge >= 0.3 is 0 Å². The van der Waals surface area contributed by atoms with Crippen LogP contribution in [0.25, 0.3) is 0 Å². The van der Waals surface area contributed by atoms with E-state index in [4.69, 9.17) is 4.41 Å². The van der Waals surface area contributed by atoms with Crippen LogP contribution in [0.15, 0.2) is 126 Å². The lowest BCUT2D eigenvalue weighted by Gasteiger charge is -2.44. The molecule has 0 N–H and O–H groups in total. The average Bonchev–Trinajstić information content (AvgIpc) is 2.87. The molecule has 0 aliphatic heterocycles. The summed E-state index contributed by atoms with van der Waals surface area (Å²) in [5.74, 6) is 0. The molecule has 0 aromatic heterocycles. The summed E-state index contributed by atoms with van der Waals surface area (Å²) in [6.07, 6.45) is 0. The lowest BCUT2D eigenvalue weighted by atomic mass is 10.4. The maximum Gasteiger partial charge on any atom is 0.172 e. The monoisotopic (exact) mass is 500 g/mol. The highest BCUT2D eigenvalue weighted by Crippen LogP contribution is 2.62. The van der Waals surface area contributed by atoms with Gasteiger partial charge in [-0.2, -0.15) is 0 Å². The van der Waals surface area contributed by atoms with Crippen molar-refractivity contribution in [3.8, 4) is 0 Å². The highest BCUT2D eigenvalue weighted by atomic mass is 31.2. The molecule has 0 bridgehead atoms. The second-order valence-electron chi connectivity index (χ2n) is 9.21. The molecule has 0 spiro atoms. The van der Waals surface area contributed by atoms with Gasteiger partial charge in [-0.3, -0.25) is 0 Å². The van der Waals surface area contributed by atoms with E-state index in [0.29, 0.717) is 0 Å². The molecule has 0 saturated carbocycles. The largest absolute Gasteiger partial charge is 0.317 e. The van der Waals surface area contributed by atoms with Gasteiger partial charge in [-0.25, -0.2) is 4.44 Å². The first-order valence-corrected chi connectivity index (χ1v) is 18.3. The van der Waals surface area contributed by atoms with E-state index >= 15 is 0 Å². The van der Waals surface area contributed by atoms with Crippen molar-refractivity contribution in [2.24, 2.45) is 4.41 Å². The molecule has 5 heteroatoms. The summed E-state index contributed by atoms with van der Waals surface area (Å²) in [5, 5.41) is 5.41. The van der Waals surface area contributed by atoms with Crippen molar-refractivity contribution < 1.29 is 0 Å². The third kappa shape index (κ3) is 5.34. The van der Waals surface area contributed by atoms with Gasteiger partial charge in [-0.15, -0.1) is 0 Å². The molecule has 0 aliphatic carbocycles. The molecular weight excluding hydrogens is 466 g/mol. The predicted octanol–water partition coefficient (Wildman–Crippen LogP) is 6.96. The molecule has 0 heterocycles. The summed E-state index contributed by atoms with van der Waals surface area (Å²) in [5.41, 5.74) is 0. The van der Waals surface area contributed by atoms with Gasteiger partial charge in [0.25, 0.3) is 0 Å². The zero-order valence-electron chi connectivity index (χ0n) is 20.5. The van der Waals surface area contributed by atoms with Gasteiger partial charge in [-0.05, 0) is 10.6 Å². The Morgan fingerprint density at radius 2 is 0.971 bits per heavy atom. The van der Waals surface area contributed by atoms with Gasteiger partial charge in [0.15, 0.2) is 8.24 Å². The van der Waals surface area contributed by atoms with E-state index < -0.39 is 23.5 Å². The number of rotatable bonds is 8. The van der Waals surface area contributed by atoms with Crippen molar-refractivity contribution in [2.45, 2.75) is 26.6 Å². The van der Waals surface area contributed by atoms with Crippen LogP contribution in [0.4, 0.5) is 0 Å². The van der Waals surface area contributed by atoms with E-state index in [9.17, 15) is 0 Å². The zero-order chi connectivity index (χ0) is 24.0. The fourth-order valence-electron chi connectivity index (χ4n) is 4.32. The van der Waals surface area contributed by atoms with Crippen molar-refractivity contribution in [3.05, 3.63) is 121 Å². The van der Waals surface area contributed by atoms with Crippen LogP contribution < -0.4 is 21.2 Å². The molecule has 4 aromatic rings. The minimum Gasteiger partial charge on any atom is -0.317 e. The van der Waals surface area contributed by atoms with Crippen molar-refractivity contribution >= 4 is 44.7 Å². The minimum absolute atomic E-state index is 0.791. The molecule has 0 atom stereocenters. The first-order chi connectivity index (χ1) is 16.5. The summed E-state index contributed by atoms with van der Waals surface area (Å²) in [6, 6.07) is 44.2. The predicted molar refractivity (Wildman–Crippen MR) is 156 cm³/mol. The van der Waals surface area contributed by atoms with E-state index in [1.165, 1.54) is 21.2 Å². The molecule has 34 heavy (non-hydrogen) atoms. The molecule has 0 aliphatic rings. The van der Waals surface area contributed by atoms with Gasteiger partial charge in [0.2, 0.25) is 0 Å². The van der Waals surface area contributed by atoms with Crippen LogP contribution in [-0.2, 0) is 0 Å². The Balaban J connectivity index is 2.11. The molecular formula is C29H34N2P2Si. The summed E-state index contributed by atoms with van der Waals surface area (Å²) in [6.45, 7) is 10.3.